The van der Waals surface area contributed by atoms with Crippen molar-refractivity contribution in [1.82, 2.24) is 0 Å². The third-order valence-electron chi connectivity index (χ3n) is 7.24. The number of carbonyl (C=O) groups is 1. The van der Waals surface area contributed by atoms with Crippen LogP contribution in [0.4, 0.5) is 17.6 Å². The molecule has 0 saturated heterocycles. The average molecular weight is 464 g/mol. The Labute approximate surface area is 191 Å². The minimum atomic E-state index is -4.80. The first-order valence-electron chi connectivity index (χ1n) is 11.6. The van der Waals surface area contributed by atoms with Crippen molar-refractivity contribution >= 4 is 5.97 Å². The molecule has 2 aromatic rings. The summed E-state index contributed by atoms with van der Waals surface area (Å²) in [6, 6.07) is 8.90. The van der Waals surface area contributed by atoms with E-state index in [0.717, 1.165) is 43.2 Å². The maximum atomic E-state index is 15.0. The van der Waals surface area contributed by atoms with Crippen LogP contribution in [0.15, 0.2) is 42.5 Å². The predicted molar refractivity (Wildman–Crippen MR) is 116 cm³/mol. The van der Waals surface area contributed by atoms with E-state index in [4.69, 9.17) is 4.74 Å². The zero-order valence-electron chi connectivity index (χ0n) is 18.5. The van der Waals surface area contributed by atoms with Gasteiger partial charge in [-0.25, -0.2) is 9.18 Å². The summed E-state index contributed by atoms with van der Waals surface area (Å²) in [5.41, 5.74) is 0.709. The maximum Gasteiger partial charge on any atom is 0.573 e. The number of alkyl halides is 3. The minimum Gasteiger partial charge on any atom is -0.423 e. The molecule has 0 aromatic heterocycles. The Morgan fingerprint density at radius 1 is 0.939 bits per heavy atom. The monoisotopic (exact) mass is 464 g/mol. The lowest BCUT2D eigenvalue weighted by Gasteiger charge is -2.42. The standard InChI is InChI=1S/C26H28F4O3/c1-2-16-3-4-18-14-19(6-5-17(18)13-16)23-12-7-20(15-24(23)27)25(31)32-21-8-10-22(11-9-21)33-26(28,29)30/h7-12,15-19H,2-6,13-14H2,1H3. The number of halogens is 4. The quantitative estimate of drug-likeness (QED) is 0.259. The Morgan fingerprint density at radius 2 is 1.61 bits per heavy atom. The average Bonchev–Trinajstić information content (AvgIpc) is 2.78. The molecule has 33 heavy (non-hydrogen) atoms. The van der Waals surface area contributed by atoms with Gasteiger partial charge in [0, 0.05) is 0 Å². The summed E-state index contributed by atoms with van der Waals surface area (Å²) in [6.07, 6.45) is 3.31. The smallest absolute Gasteiger partial charge is 0.423 e. The molecule has 0 radical (unpaired) electrons. The van der Waals surface area contributed by atoms with Crippen molar-refractivity contribution in [3.8, 4) is 11.5 Å². The lowest BCUT2D eigenvalue weighted by molar-refractivity contribution is -0.274. The zero-order valence-corrected chi connectivity index (χ0v) is 18.5. The molecule has 0 N–H and O–H groups in total. The summed E-state index contributed by atoms with van der Waals surface area (Å²) in [6.45, 7) is 2.26. The van der Waals surface area contributed by atoms with Gasteiger partial charge in [-0.15, -0.1) is 13.2 Å². The van der Waals surface area contributed by atoms with E-state index in [0.29, 0.717) is 11.5 Å². The minimum absolute atomic E-state index is 0.0417. The first-order valence-corrected chi connectivity index (χ1v) is 11.6. The molecule has 4 atom stereocenters. The number of carbonyl (C=O) groups excluding carboxylic acids is 1. The molecule has 2 fully saturated rings. The fourth-order valence-electron chi connectivity index (χ4n) is 5.50. The number of ether oxygens (including phenoxy) is 2. The summed E-state index contributed by atoms with van der Waals surface area (Å²) in [5.74, 6) is 0.838. The molecule has 3 nitrogen and oxygen atoms in total. The highest BCUT2D eigenvalue weighted by molar-refractivity contribution is 5.91. The summed E-state index contributed by atoms with van der Waals surface area (Å²) in [5, 5.41) is 0. The van der Waals surface area contributed by atoms with Crippen molar-refractivity contribution in [1.29, 1.82) is 0 Å². The predicted octanol–water partition coefficient (Wildman–Crippen LogP) is 7.65. The lowest BCUT2D eigenvalue weighted by atomic mass is 9.63. The second kappa shape index (κ2) is 9.74. The highest BCUT2D eigenvalue weighted by Gasteiger charge is 2.36. The van der Waals surface area contributed by atoms with Crippen LogP contribution >= 0.6 is 0 Å². The lowest BCUT2D eigenvalue weighted by Crippen LogP contribution is -2.30. The number of hydrogen-bond acceptors (Lipinski definition) is 3. The van der Waals surface area contributed by atoms with Gasteiger partial charge in [0.15, 0.2) is 0 Å². The van der Waals surface area contributed by atoms with Gasteiger partial charge in [0.1, 0.15) is 17.3 Å². The molecule has 4 rings (SSSR count). The fourth-order valence-corrected chi connectivity index (χ4v) is 5.50. The summed E-state index contributed by atoms with van der Waals surface area (Å²) in [4.78, 5) is 12.4. The van der Waals surface area contributed by atoms with Crippen molar-refractivity contribution < 1.29 is 31.8 Å². The molecule has 0 bridgehead atoms. The van der Waals surface area contributed by atoms with Crippen LogP contribution in [0.2, 0.25) is 0 Å². The summed E-state index contributed by atoms with van der Waals surface area (Å²) >= 11 is 0. The number of fused-ring (bicyclic) bond motifs is 1. The van der Waals surface area contributed by atoms with E-state index in [-0.39, 0.29) is 17.2 Å². The van der Waals surface area contributed by atoms with E-state index in [1.165, 1.54) is 43.9 Å². The Hall–Kier alpha value is -2.57. The Morgan fingerprint density at radius 3 is 2.27 bits per heavy atom. The van der Waals surface area contributed by atoms with Crippen LogP contribution in [0.3, 0.4) is 0 Å². The molecular formula is C26H28F4O3. The number of esters is 1. The van der Waals surface area contributed by atoms with Gasteiger partial charge in [0.25, 0.3) is 0 Å². The Kier molecular flexibility index (Phi) is 6.96. The van der Waals surface area contributed by atoms with Crippen LogP contribution in [0.25, 0.3) is 0 Å². The molecule has 2 saturated carbocycles. The normalized spacial score (nSPS) is 25.2. The van der Waals surface area contributed by atoms with Gasteiger partial charge in [0.05, 0.1) is 5.56 Å². The van der Waals surface area contributed by atoms with Gasteiger partial charge in [0.2, 0.25) is 0 Å². The largest absolute Gasteiger partial charge is 0.573 e. The van der Waals surface area contributed by atoms with Crippen molar-refractivity contribution in [3.63, 3.8) is 0 Å². The molecule has 4 unspecified atom stereocenters. The SMILES string of the molecule is CCC1CCC2CC(c3ccc(C(=O)Oc4ccc(OC(F)(F)F)cc4)cc3F)CCC2C1. The Bertz CT molecular complexity index is 970. The zero-order chi connectivity index (χ0) is 23.6. The second-order valence-corrected chi connectivity index (χ2v) is 9.26. The van der Waals surface area contributed by atoms with Gasteiger partial charge in [-0.1, -0.05) is 25.8 Å². The van der Waals surface area contributed by atoms with Crippen LogP contribution in [-0.2, 0) is 0 Å². The fraction of sp³-hybridized carbons (Fsp3) is 0.500. The molecule has 0 spiro atoms. The van der Waals surface area contributed by atoms with Crippen LogP contribution in [0.5, 0.6) is 11.5 Å². The van der Waals surface area contributed by atoms with Gasteiger partial charge in [-0.3, -0.25) is 0 Å². The van der Waals surface area contributed by atoms with E-state index in [2.05, 4.69) is 11.7 Å². The number of rotatable bonds is 5. The highest BCUT2D eigenvalue weighted by atomic mass is 19.4. The maximum absolute atomic E-state index is 15.0. The van der Waals surface area contributed by atoms with Crippen LogP contribution in [0, 0.1) is 23.6 Å². The molecule has 2 aliphatic carbocycles. The molecule has 0 amide bonds. The summed E-state index contributed by atoms with van der Waals surface area (Å²) < 4.78 is 60.7. The third kappa shape index (κ3) is 5.87. The van der Waals surface area contributed by atoms with Crippen molar-refractivity contribution in [2.75, 3.05) is 0 Å². The number of hydrogen-bond donors (Lipinski definition) is 0. The van der Waals surface area contributed by atoms with Crippen LogP contribution < -0.4 is 9.47 Å². The van der Waals surface area contributed by atoms with Crippen molar-refractivity contribution in [2.24, 2.45) is 17.8 Å². The molecule has 2 aliphatic rings. The first-order chi connectivity index (χ1) is 15.7. The van der Waals surface area contributed by atoms with E-state index >= 15 is 0 Å². The van der Waals surface area contributed by atoms with Crippen molar-refractivity contribution in [3.05, 3.63) is 59.4 Å². The second-order valence-electron chi connectivity index (χ2n) is 9.26. The van der Waals surface area contributed by atoms with Gasteiger partial charge in [-0.05, 0) is 97.7 Å². The van der Waals surface area contributed by atoms with Crippen molar-refractivity contribution in [2.45, 2.75) is 64.1 Å². The molecule has 0 heterocycles. The highest BCUT2D eigenvalue weighted by Crippen LogP contribution is 2.48. The molecular weight excluding hydrogens is 436 g/mol. The van der Waals surface area contributed by atoms with E-state index < -0.39 is 23.9 Å². The first kappa shape index (κ1) is 23.6. The van der Waals surface area contributed by atoms with Gasteiger partial charge >= 0.3 is 12.3 Å². The van der Waals surface area contributed by atoms with E-state index in [1.807, 2.05) is 0 Å². The van der Waals surface area contributed by atoms with E-state index in [1.54, 1.807) is 12.1 Å². The Balaban J connectivity index is 1.38. The molecule has 0 aliphatic heterocycles. The van der Waals surface area contributed by atoms with Gasteiger partial charge < -0.3 is 9.47 Å². The molecule has 2 aromatic carbocycles. The van der Waals surface area contributed by atoms with E-state index in [9.17, 15) is 22.4 Å². The van der Waals surface area contributed by atoms with Crippen LogP contribution in [0.1, 0.15) is 73.7 Å². The van der Waals surface area contributed by atoms with Crippen LogP contribution in [-0.4, -0.2) is 12.3 Å². The third-order valence-corrected chi connectivity index (χ3v) is 7.24. The van der Waals surface area contributed by atoms with Gasteiger partial charge in [-0.2, -0.15) is 0 Å². The number of benzene rings is 2. The molecule has 178 valence electrons. The topological polar surface area (TPSA) is 35.5 Å². The summed E-state index contributed by atoms with van der Waals surface area (Å²) in [7, 11) is 0. The molecule has 7 heteroatoms.